The number of aryl methyl sites for hydroxylation is 1. The summed E-state index contributed by atoms with van der Waals surface area (Å²) in [5.41, 5.74) is 2.19. The van der Waals surface area contributed by atoms with Gasteiger partial charge >= 0.3 is 0 Å². The monoisotopic (exact) mass is 243 g/mol. The van der Waals surface area contributed by atoms with Crippen LogP contribution < -0.4 is 0 Å². The van der Waals surface area contributed by atoms with E-state index in [9.17, 15) is 0 Å². The van der Waals surface area contributed by atoms with Gasteiger partial charge in [0.05, 0.1) is 17.2 Å². The van der Waals surface area contributed by atoms with Gasteiger partial charge in [0.2, 0.25) is 0 Å². The Morgan fingerprint density at radius 3 is 2.83 bits per heavy atom. The topological polar surface area (TPSA) is 30.2 Å². The van der Waals surface area contributed by atoms with Gasteiger partial charge in [-0.1, -0.05) is 38.3 Å². The van der Waals surface area contributed by atoms with Gasteiger partial charge in [-0.05, 0) is 18.6 Å². The Morgan fingerprint density at radius 2 is 2.06 bits per heavy atom. The third-order valence-electron chi connectivity index (χ3n) is 3.17. The van der Waals surface area contributed by atoms with E-state index in [1.807, 2.05) is 31.5 Å². The first kappa shape index (κ1) is 12.8. The molecular weight excluding hydrogens is 222 g/mol. The van der Waals surface area contributed by atoms with Crippen LogP contribution in [-0.4, -0.2) is 22.3 Å². The van der Waals surface area contributed by atoms with Crippen molar-refractivity contribution in [2.75, 3.05) is 6.54 Å². The molecule has 0 bridgehead atoms. The number of imidazole rings is 1. The molecule has 0 N–H and O–H groups in total. The number of fused-ring (bicyclic) bond motifs is 1. The molecule has 0 aliphatic carbocycles. The summed E-state index contributed by atoms with van der Waals surface area (Å²) in [7, 11) is 2.04. The maximum absolute atomic E-state index is 4.56. The number of para-hydroxylation sites is 2. The molecule has 0 atom stereocenters. The summed E-state index contributed by atoms with van der Waals surface area (Å²) in [4.78, 5) is 9.02. The van der Waals surface area contributed by atoms with Gasteiger partial charge in [-0.25, -0.2) is 4.98 Å². The van der Waals surface area contributed by atoms with E-state index < -0.39 is 0 Å². The lowest BCUT2D eigenvalue weighted by atomic mass is 10.2. The molecule has 96 valence electrons. The van der Waals surface area contributed by atoms with Gasteiger partial charge in [-0.3, -0.25) is 4.99 Å². The summed E-state index contributed by atoms with van der Waals surface area (Å²) < 4.78 is 2.09. The van der Waals surface area contributed by atoms with Gasteiger partial charge in [-0.2, -0.15) is 0 Å². The fourth-order valence-electron chi connectivity index (χ4n) is 2.06. The van der Waals surface area contributed by atoms with Crippen LogP contribution in [0.25, 0.3) is 11.0 Å². The molecule has 1 heterocycles. The molecule has 0 saturated carbocycles. The highest BCUT2D eigenvalue weighted by Crippen LogP contribution is 2.12. The molecule has 18 heavy (non-hydrogen) atoms. The van der Waals surface area contributed by atoms with E-state index in [-0.39, 0.29) is 0 Å². The largest absolute Gasteiger partial charge is 0.326 e. The molecule has 2 rings (SSSR count). The number of aromatic nitrogens is 2. The van der Waals surface area contributed by atoms with Crippen LogP contribution in [0.15, 0.2) is 29.3 Å². The van der Waals surface area contributed by atoms with E-state index in [1.165, 1.54) is 25.7 Å². The Labute approximate surface area is 109 Å². The van der Waals surface area contributed by atoms with Crippen molar-refractivity contribution in [2.45, 2.75) is 32.6 Å². The third kappa shape index (κ3) is 2.97. The Kier molecular flexibility index (Phi) is 4.51. The molecule has 1 aromatic carbocycles. The van der Waals surface area contributed by atoms with E-state index in [4.69, 9.17) is 0 Å². The molecule has 0 amide bonds. The van der Waals surface area contributed by atoms with Crippen molar-refractivity contribution >= 4 is 17.2 Å². The van der Waals surface area contributed by atoms with E-state index >= 15 is 0 Å². The first-order valence-corrected chi connectivity index (χ1v) is 6.74. The van der Waals surface area contributed by atoms with E-state index in [0.29, 0.717) is 0 Å². The first-order valence-electron chi connectivity index (χ1n) is 6.74. The summed E-state index contributed by atoms with van der Waals surface area (Å²) >= 11 is 0. The zero-order chi connectivity index (χ0) is 12.8. The summed E-state index contributed by atoms with van der Waals surface area (Å²) in [6, 6.07) is 8.17. The van der Waals surface area contributed by atoms with Gasteiger partial charge in [0.1, 0.15) is 0 Å². The van der Waals surface area contributed by atoms with Crippen LogP contribution in [0.5, 0.6) is 0 Å². The van der Waals surface area contributed by atoms with E-state index in [1.54, 1.807) is 0 Å². The van der Waals surface area contributed by atoms with Crippen molar-refractivity contribution in [2.24, 2.45) is 12.0 Å². The number of unbranched alkanes of at least 4 members (excludes halogenated alkanes) is 3. The fourth-order valence-corrected chi connectivity index (χ4v) is 2.06. The molecule has 0 fully saturated rings. The van der Waals surface area contributed by atoms with Crippen molar-refractivity contribution in [1.82, 2.24) is 9.55 Å². The number of hydrogen-bond acceptors (Lipinski definition) is 2. The maximum Gasteiger partial charge on any atom is 0.151 e. The minimum absolute atomic E-state index is 0.906. The Morgan fingerprint density at radius 1 is 1.22 bits per heavy atom. The summed E-state index contributed by atoms with van der Waals surface area (Å²) in [5, 5.41) is 0. The first-order chi connectivity index (χ1) is 8.83. The normalized spacial score (nSPS) is 11.7. The lowest BCUT2D eigenvalue weighted by molar-refractivity contribution is 0.675. The quantitative estimate of drug-likeness (QED) is 0.563. The van der Waals surface area contributed by atoms with Gasteiger partial charge in [-0.15, -0.1) is 0 Å². The summed E-state index contributed by atoms with van der Waals surface area (Å²) in [6.45, 7) is 3.13. The number of rotatable bonds is 6. The van der Waals surface area contributed by atoms with Crippen LogP contribution in [0.2, 0.25) is 0 Å². The molecule has 3 nitrogen and oxygen atoms in total. The lowest BCUT2D eigenvalue weighted by Crippen LogP contribution is -1.96. The molecule has 0 aliphatic rings. The zero-order valence-electron chi connectivity index (χ0n) is 11.3. The summed E-state index contributed by atoms with van der Waals surface area (Å²) in [6.07, 6.45) is 6.92. The molecule has 0 unspecified atom stereocenters. The average Bonchev–Trinajstić information content (AvgIpc) is 2.71. The number of aliphatic imine (C=N–C) groups is 1. The van der Waals surface area contributed by atoms with Gasteiger partial charge in [0.15, 0.2) is 5.82 Å². The van der Waals surface area contributed by atoms with Gasteiger partial charge in [0.25, 0.3) is 0 Å². The standard InChI is InChI=1S/C15H21N3/c1-3-4-5-8-11-16-12-15-17-13-9-6-7-10-14(13)18(15)2/h6-7,9-10,12H,3-5,8,11H2,1-2H3/b16-12+. The van der Waals surface area contributed by atoms with Crippen LogP contribution in [-0.2, 0) is 7.05 Å². The van der Waals surface area contributed by atoms with E-state index in [0.717, 1.165) is 23.4 Å². The molecule has 2 aromatic rings. The minimum atomic E-state index is 0.906. The highest BCUT2D eigenvalue weighted by Gasteiger charge is 2.03. The molecule has 0 spiro atoms. The lowest BCUT2D eigenvalue weighted by Gasteiger charge is -1.97. The minimum Gasteiger partial charge on any atom is -0.326 e. The second-order valence-electron chi connectivity index (χ2n) is 4.61. The van der Waals surface area contributed by atoms with Crippen molar-refractivity contribution in [3.05, 3.63) is 30.1 Å². The molecule has 0 aliphatic heterocycles. The average molecular weight is 243 g/mol. The number of nitrogens with zero attached hydrogens (tertiary/aromatic N) is 3. The van der Waals surface area contributed by atoms with Crippen molar-refractivity contribution in [3.63, 3.8) is 0 Å². The van der Waals surface area contributed by atoms with Gasteiger partial charge < -0.3 is 4.57 Å². The third-order valence-corrected chi connectivity index (χ3v) is 3.17. The molecule has 3 heteroatoms. The fraction of sp³-hybridized carbons (Fsp3) is 0.467. The summed E-state index contributed by atoms with van der Waals surface area (Å²) in [5.74, 6) is 0.937. The highest BCUT2D eigenvalue weighted by molar-refractivity contribution is 5.84. The van der Waals surface area contributed by atoms with Gasteiger partial charge in [0, 0.05) is 13.6 Å². The maximum atomic E-state index is 4.56. The van der Waals surface area contributed by atoms with Crippen molar-refractivity contribution in [3.8, 4) is 0 Å². The second-order valence-corrected chi connectivity index (χ2v) is 4.61. The van der Waals surface area contributed by atoms with Crippen LogP contribution >= 0.6 is 0 Å². The van der Waals surface area contributed by atoms with Crippen LogP contribution in [0.3, 0.4) is 0 Å². The van der Waals surface area contributed by atoms with Crippen LogP contribution in [0.4, 0.5) is 0 Å². The molecular formula is C15H21N3. The van der Waals surface area contributed by atoms with Crippen LogP contribution in [0, 0.1) is 0 Å². The Bertz CT molecular complexity index is 526. The zero-order valence-corrected chi connectivity index (χ0v) is 11.3. The molecule has 0 saturated heterocycles. The smallest absolute Gasteiger partial charge is 0.151 e. The van der Waals surface area contributed by atoms with E-state index in [2.05, 4.69) is 27.5 Å². The number of benzene rings is 1. The predicted molar refractivity (Wildman–Crippen MR) is 77.3 cm³/mol. The van der Waals surface area contributed by atoms with Crippen LogP contribution in [0.1, 0.15) is 38.4 Å². The molecule has 1 aromatic heterocycles. The van der Waals surface area contributed by atoms with Crippen molar-refractivity contribution in [1.29, 1.82) is 0 Å². The Hall–Kier alpha value is -1.64. The SMILES string of the molecule is CCCCCC/N=C/c1nc2ccccc2n1C. The van der Waals surface area contributed by atoms with Crippen molar-refractivity contribution < 1.29 is 0 Å². The predicted octanol–water partition coefficient (Wildman–Crippen LogP) is 3.57. The second kappa shape index (κ2) is 6.34. The Balaban J connectivity index is 1.99. The highest BCUT2D eigenvalue weighted by atomic mass is 15.1. The number of hydrogen-bond donors (Lipinski definition) is 0. The molecule has 0 radical (unpaired) electrons.